The number of nitrogens with zero attached hydrogens (tertiary/aromatic N) is 3. The molecule has 0 radical (unpaired) electrons. The number of nitrogens with one attached hydrogen (secondary N) is 1. The first-order valence-corrected chi connectivity index (χ1v) is 11.4. The molecule has 36 heavy (non-hydrogen) atoms. The SMILES string of the molecule is CCc1ccc([C@@H](C(=O)Nc2ccc(F)cc2)N(Cc2ccc(F)cc2)C(=O)c2cnccn2)cc1. The Bertz CT molecular complexity index is 1310. The van der Waals surface area contributed by atoms with E-state index in [1.165, 1.54) is 59.9 Å². The van der Waals surface area contributed by atoms with Gasteiger partial charge in [-0.2, -0.15) is 0 Å². The van der Waals surface area contributed by atoms with Crippen LogP contribution >= 0.6 is 0 Å². The van der Waals surface area contributed by atoms with E-state index in [4.69, 9.17) is 0 Å². The van der Waals surface area contributed by atoms with E-state index in [1.54, 1.807) is 24.3 Å². The lowest BCUT2D eigenvalue weighted by Gasteiger charge is -2.31. The third-order valence-corrected chi connectivity index (χ3v) is 5.68. The van der Waals surface area contributed by atoms with Crippen molar-refractivity contribution >= 4 is 17.5 Å². The molecule has 1 N–H and O–H groups in total. The minimum absolute atomic E-state index is 0.00667. The Morgan fingerprint density at radius 2 is 1.47 bits per heavy atom. The minimum atomic E-state index is -1.07. The highest BCUT2D eigenvalue weighted by Crippen LogP contribution is 2.27. The van der Waals surface area contributed by atoms with Crippen molar-refractivity contribution < 1.29 is 18.4 Å². The monoisotopic (exact) mass is 486 g/mol. The second-order valence-corrected chi connectivity index (χ2v) is 8.14. The van der Waals surface area contributed by atoms with E-state index >= 15 is 0 Å². The average Bonchev–Trinajstić information content (AvgIpc) is 2.91. The number of carbonyl (C=O) groups is 2. The smallest absolute Gasteiger partial charge is 0.275 e. The summed E-state index contributed by atoms with van der Waals surface area (Å²) in [6.45, 7) is 2.03. The van der Waals surface area contributed by atoms with Crippen LogP contribution in [0.3, 0.4) is 0 Å². The van der Waals surface area contributed by atoms with Crippen molar-refractivity contribution in [2.24, 2.45) is 0 Å². The molecule has 0 unspecified atom stereocenters. The summed E-state index contributed by atoms with van der Waals surface area (Å²) in [4.78, 5) is 36.8. The fraction of sp³-hybridized carbons (Fsp3) is 0.143. The number of amides is 2. The van der Waals surface area contributed by atoms with Gasteiger partial charge in [0.1, 0.15) is 23.4 Å². The summed E-state index contributed by atoms with van der Waals surface area (Å²) in [5, 5.41) is 2.78. The first-order chi connectivity index (χ1) is 17.4. The van der Waals surface area contributed by atoms with Gasteiger partial charge in [-0.25, -0.2) is 13.8 Å². The molecule has 0 aliphatic rings. The van der Waals surface area contributed by atoms with Crippen molar-refractivity contribution in [2.45, 2.75) is 25.9 Å². The number of hydrogen-bond donors (Lipinski definition) is 1. The van der Waals surface area contributed by atoms with Gasteiger partial charge in [0.2, 0.25) is 0 Å². The summed E-state index contributed by atoms with van der Waals surface area (Å²) in [6, 6.07) is 17.4. The van der Waals surface area contributed by atoms with Crippen molar-refractivity contribution in [3.8, 4) is 0 Å². The van der Waals surface area contributed by atoms with Crippen LogP contribution in [0.15, 0.2) is 91.4 Å². The topological polar surface area (TPSA) is 75.2 Å². The lowest BCUT2D eigenvalue weighted by atomic mass is 10.00. The molecule has 182 valence electrons. The fourth-order valence-corrected chi connectivity index (χ4v) is 3.78. The van der Waals surface area contributed by atoms with Crippen LogP contribution in [0.5, 0.6) is 0 Å². The second kappa shape index (κ2) is 11.3. The Balaban J connectivity index is 1.78. The lowest BCUT2D eigenvalue weighted by molar-refractivity contribution is -0.121. The molecule has 0 fully saturated rings. The quantitative estimate of drug-likeness (QED) is 0.365. The van der Waals surface area contributed by atoms with E-state index in [9.17, 15) is 18.4 Å². The Morgan fingerprint density at radius 1 is 0.861 bits per heavy atom. The van der Waals surface area contributed by atoms with Crippen molar-refractivity contribution in [3.05, 3.63) is 125 Å². The van der Waals surface area contributed by atoms with Crippen LogP contribution in [0.4, 0.5) is 14.5 Å². The molecule has 0 aliphatic carbocycles. The van der Waals surface area contributed by atoms with Gasteiger partial charge >= 0.3 is 0 Å². The summed E-state index contributed by atoms with van der Waals surface area (Å²) in [5.74, 6) is -1.86. The molecule has 4 rings (SSSR count). The highest BCUT2D eigenvalue weighted by Gasteiger charge is 2.33. The zero-order chi connectivity index (χ0) is 25.5. The highest BCUT2D eigenvalue weighted by molar-refractivity contribution is 6.00. The Kier molecular flexibility index (Phi) is 7.75. The largest absolute Gasteiger partial charge is 0.324 e. The number of halogens is 2. The Hall–Kier alpha value is -4.46. The fourth-order valence-electron chi connectivity index (χ4n) is 3.78. The summed E-state index contributed by atoms with van der Waals surface area (Å²) < 4.78 is 27.0. The van der Waals surface area contributed by atoms with E-state index in [-0.39, 0.29) is 12.2 Å². The molecule has 4 aromatic rings. The van der Waals surface area contributed by atoms with Gasteiger partial charge in [0.15, 0.2) is 0 Å². The zero-order valence-electron chi connectivity index (χ0n) is 19.6. The van der Waals surface area contributed by atoms with Gasteiger partial charge in [0, 0.05) is 24.6 Å². The molecule has 6 nitrogen and oxygen atoms in total. The van der Waals surface area contributed by atoms with Crippen LogP contribution in [0.25, 0.3) is 0 Å². The van der Waals surface area contributed by atoms with E-state index < -0.39 is 29.5 Å². The van der Waals surface area contributed by atoms with Gasteiger partial charge in [-0.1, -0.05) is 43.3 Å². The number of hydrogen-bond acceptors (Lipinski definition) is 4. The molecule has 1 heterocycles. The van der Waals surface area contributed by atoms with Gasteiger partial charge in [0.05, 0.1) is 6.20 Å². The number of rotatable bonds is 8. The Labute approximate surface area is 207 Å². The standard InChI is InChI=1S/C28H24F2N4O2/c1-2-19-3-7-21(8-4-19)26(27(35)33-24-13-11-23(30)12-14-24)34(18-20-5-9-22(29)10-6-20)28(36)25-17-31-15-16-32-25/h3-17,26H,2,18H2,1H3,(H,33,35)/t26-/m0/s1. The van der Waals surface area contributed by atoms with E-state index in [1.807, 2.05) is 19.1 Å². The molecule has 1 atom stereocenters. The molecular formula is C28H24F2N4O2. The normalized spacial score (nSPS) is 11.5. The predicted octanol–water partition coefficient (Wildman–Crippen LogP) is 5.34. The predicted molar refractivity (Wildman–Crippen MR) is 132 cm³/mol. The van der Waals surface area contributed by atoms with Gasteiger partial charge in [-0.05, 0) is 59.5 Å². The summed E-state index contributed by atoms with van der Waals surface area (Å²) in [5.41, 5.74) is 2.71. The number of benzene rings is 3. The summed E-state index contributed by atoms with van der Waals surface area (Å²) in [7, 11) is 0. The molecule has 0 saturated carbocycles. The first-order valence-electron chi connectivity index (χ1n) is 11.4. The number of anilines is 1. The second-order valence-electron chi connectivity index (χ2n) is 8.14. The number of aromatic nitrogens is 2. The van der Waals surface area contributed by atoms with E-state index in [0.717, 1.165) is 12.0 Å². The molecule has 3 aromatic carbocycles. The molecule has 0 spiro atoms. The van der Waals surface area contributed by atoms with Crippen molar-refractivity contribution in [1.29, 1.82) is 0 Å². The number of carbonyl (C=O) groups excluding carboxylic acids is 2. The molecular weight excluding hydrogens is 462 g/mol. The Morgan fingerprint density at radius 3 is 2.06 bits per heavy atom. The third kappa shape index (κ3) is 5.96. The van der Waals surface area contributed by atoms with Gasteiger partial charge in [-0.3, -0.25) is 14.6 Å². The molecule has 0 saturated heterocycles. The molecule has 8 heteroatoms. The molecule has 0 bridgehead atoms. The average molecular weight is 487 g/mol. The zero-order valence-corrected chi connectivity index (χ0v) is 19.6. The first kappa shape index (κ1) is 24.7. The van der Waals surface area contributed by atoms with Crippen LogP contribution in [0.1, 0.15) is 40.1 Å². The van der Waals surface area contributed by atoms with Crippen LogP contribution in [0.2, 0.25) is 0 Å². The van der Waals surface area contributed by atoms with Gasteiger partial charge in [-0.15, -0.1) is 0 Å². The molecule has 0 aliphatic heterocycles. The molecule has 2 amide bonds. The van der Waals surface area contributed by atoms with Gasteiger partial charge < -0.3 is 10.2 Å². The number of aryl methyl sites for hydroxylation is 1. The van der Waals surface area contributed by atoms with Crippen LogP contribution in [-0.4, -0.2) is 26.7 Å². The lowest BCUT2D eigenvalue weighted by Crippen LogP contribution is -2.41. The summed E-state index contributed by atoms with van der Waals surface area (Å²) >= 11 is 0. The van der Waals surface area contributed by atoms with Crippen molar-refractivity contribution in [3.63, 3.8) is 0 Å². The maximum atomic E-state index is 13.7. The van der Waals surface area contributed by atoms with Crippen molar-refractivity contribution in [2.75, 3.05) is 5.32 Å². The van der Waals surface area contributed by atoms with Crippen molar-refractivity contribution in [1.82, 2.24) is 14.9 Å². The highest BCUT2D eigenvalue weighted by atomic mass is 19.1. The third-order valence-electron chi connectivity index (χ3n) is 5.68. The van der Waals surface area contributed by atoms with Crippen LogP contribution < -0.4 is 5.32 Å². The maximum absolute atomic E-state index is 13.7. The van der Waals surface area contributed by atoms with Crippen LogP contribution in [0, 0.1) is 11.6 Å². The van der Waals surface area contributed by atoms with E-state index in [2.05, 4.69) is 15.3 Å². The van der Waals surface area contributed by atoms with E-state index in [0.29, 0.717) is 16.8 Å². The summed E-state index contributed by atoms with van der Waals surface area (Å²) in [6.07, 6.45) is 4.98. The minimum Gasteiger partial charge on any atom is -0.324 e. The van der Waals surface area contributed by atoms with Crippen LogP contribution in [-0.2, 0) is 17.8 Å². The maximum Gasteiger partial charge on any atom is 0.275 e. The van der Waals surface area contributed by atoms with Gasteiger partial charge in [0.25, 0.3) is 11.8 Å². The molecule has 1 aromatic heterocycles.